The van der Waals surface area contributed by atoms with Gasteiger partial charge in [0, 0.05) is 24.5 Å². The smallest absolute Gasteiger partial charge is 0.258 e. The van der Waals surface area contributed by atoms with Gasteiger partial charge in [-0.2, -0.15) is 0 Å². The van der Waals surface area contributed by atoms with Crippen molar-refractivity contribution in [3.05, 3.63) is 96.8 Å². The molecule has 0 aliphatic rings. The summed E-state index contributed by atoms with van der Waals surface area (Å²) in [5, 5.41) is 2.84. The molecule has 4 rings (SSSR count). The number of pyridine rings is 1. The van der Waals surface area contributed by atoms with Crippen molar-refractivity contribution in [3.8, 4) is 28.5 Å². The summed E-state index contributed by atoms with van der Waals surface area (Å²) in [7, 11) is 0. The lowest BCUT2D eigenvalue weighted by Crippen LogP contribution is -2.28. The molecule has 2 aromatic heterocycles. The van der Waals surface area contributed by atoms with Gasteiger partial charge in [-0.3, -0.25) is 9.78 Å². The molecule has 2 heterocycles. The molecule has 4 aromatic rings. The number of hydrogen-bond acceptors (Lipinski definition) is 5. The summed E-state index contributed by atoms with van der Waals surface area (Å²) >= 11 is 0. The number of hydrogen-bond donors (Lipinski definition) is 1. The molecule has 0 saturated heterocycles. The van der Waals surface area contributed by atoms with Gasteiger partial charge in [0.2, 0.25) is 0 Å². The summed E-state index contributed by atoms with van der Waals surface area (Å²) in [6.07, 6.45) is 3.45. The minimum atomic E-state index is -0.172. The van der Waals surface area contributed by atoms with Crippen LogP contribution in [0.5, 0.6) is 5.75 Å². The van der Waals surface area contributed by atoms with Crippen molar-refractivity contribution in [3.63, 3.8) is 0 Å². The molecule has 0 saturated carbocycles. The summed E-state index contributed by atoms with van der Waals surface area (Å²) in [6.45, 7) is 0.434. The Labute approximate surface area is 174 Å². The van der Waals surface area contributed by atoms with Gasteiger partial charge in [0.15, 0.2) is 12.4 Å². The maximum atomic E-state index is 12.0. The summed E-state index contributed by atoms with van der Waals surface area (Å²) in [6, 6.07) is 24.6. The van der Waals surface area contributed by atoms with Crippen LogP contribution >= 0.6 is 0 Å². The van der Waals surface area contributed by atoms with Gasteiger partial charge < -0.3 is 10.1 Å². The van der Waals surface area contributed by atoms with Crippen LogP contribution < -0.4 is 10.1 Å². The number of amides is 1. The third-order valence-corrected chi connectivity index (χ3v) is 4.40. The number of ether oxygens (including phenoxy) is 1. The molecule has 0 radical (unpaired) electrons. The number of nitrogens with one attached hydrogen (secondary N) is 1. The fraction of sp³-hybridized carbons (Fsp3) is 0.0833. The molecular formula is C24H20N4O2. The highest BCUT2D eigenvalue weighted by molar-refractivity contribution is 5.77. The molecule has 148 valence electrons. The maximum absolute atomic E-state index is 12.0. The number of aromatic nitrogens is 3. The van der Waals surface area contributed by atoms with Gasteiger partial charge >= 0.3 is 0 Å². The summed E-state index contributed by atoms with van der Waals surface area (Å²) in [5.41, 5.74) is 3.45. The maximum Gasteiger partial charge on any atom is 0.258 e. The van der Waals surface area contributed by atoms with E-state index in [4.69, 9.17) is 4.74 Å². The molecule has 1 amide bonds. The normalized spacial score (nSPS) is 10.4. The zero-order valence-corrected chi connectivity index (χ0v) is 16.2. The summed E-state index contributed by atoms with van der Waals surface area (Å²) < 4.78 is 5.58. The average Bonchev–Trinajstić information content (AvgIpc) is 2.83. The van der Waals surface area contributed by atoms with Gasteiger partial charge in [0.1, 0.15) is 5.75 Å². The first-order valence-electron chi connectivity index (χ1n) is 9.56. The van der Waals surface area contributed by atoms with Crippen molar-refractivity contribution in [2.24, 2.45) is 0 Å². The van der Waals surface area contributed by atoms with Crippen LogP contribution in [0.15, 0.2) is 91.3 Å². The third-order valence-electron chi connectivity index (χ3n) is 4.40. The third kappa shape index (κ3) is 5.05. The van der Waals surface area contributed by atoms with E-state index in [1.807, 2.05) is 66.7 Å². The standard InChI is InChI=1S/C24H20N4O2/c29-23(27-16-18-6-2-1-3-7-18)17-30-20-11-9-19(10-12-20)24-26-15-13-22(28-24)21-8-4-5-14-25-21/h1-15H,16-17H2,(H,27,29). The summed E-state index contributed by atoms with van der Waals surface area (Å²) in [5.74, 6) is 1.04. The van der Waals surface area contributed by atoms with Crippen LogP contribution in [0.2, 0.25) is 0 Å². The predicted octanol–water partition coefficient (Wildman–Crippen LogP) is 3.90. The van der Waals surface area contributed by atoms with E-state index in [0.29, 0.717) is 18.1 Å². The van der Waals surface area contributed by atoms with E-state index in [-0.39, 0.29) is 12.5 Å². The van der Waals surface area contributed by atoms with Crippen molar-refractivity contribution in [2.75, 3.05) is 6.61 Å². The van der Waals surface area contributed by atoms with Crippen LogP contribution in [0.3, 0.4) is 0 Å². The molecule has 0 aliphatic carbocycles. The second kappa shape index (κ2) is 9.43. The number of carbonyl (C=O) groups excluding carboxylic acids is 1. The minimum absolute atomic E-state index is 0.0438. The van der Waals surface area contributed by atoms with Crippen molar-refractivity contribution in [2.45, 2.75) is 6.54 Å². The fourth-order valence-corrected chi connectivity index (χ4v) is 2.85. The molecule has 30 heavy (non-hydrogen) atoms. The Balaban J connectivity index is 1.35. The lowest BCUT2D eigenvalue weighted by atomic mass is 10.2. The number of carbonyl (C=O) groups is 1. The zero-order valence-electron chi connectivity index (χ0n) is 16.2. The van der Waals surface area contributed by atoms with Gasteiger partial charge in [-0.25, -0.2) is 9.97 Å². The largest absolute Gasteiger partial charge is 0.484 e. The SMILES string of the molecule is O=C(COc1ccc(-c2nccc(-c3ccccn3)n2)cc1)NCc1ccccc1. The second-order valence-corrected chi connectivity index (χ2v) is 6.56. The van der Waals surface area contributed by atoms with Crippen molar-refractivity contribution < 1.29 is 9.53 Å². The van der Waals surface area contributed by atoms with Gasteiger partial charge in [-0.1, -0.05) is 36.4 Å². The molecule has 0 fully saturated rings. The topological polar surface area (TPSA) is 77.0 Å². The Morgan fingerprint density at radius 3 is 2.37 bits per heavy atom. The highest BCUT2D eigenvalue weighted by Crippen LogP contribution is 2.21. The van der Waals surface area contributed by atoms with Crippen LogP contribution in [-0.4, -0.2) is 27.5 Å². The van der Waals surface area contributed by atoms with E-state index < -0.39 is 0 Å². The Bertz CT molecular complexity index is 1100. The fourth-order valence-electron chi connectivity index (χ4n) is 2.85. The molecule has 6 nitrogen and oxygen atoms in total. The van der Waals surface area contributed by atoms with E-state index in [9.17, 15) is 4.79 Å². The van der Waals surface area contributed by atoms with Crippen molar-refractivity contribution >= 4 is 5.91 Å². The molecule has 0 atom stereocenters. The average molecular weight is 396 g/mol. The van der Waals surface area contributed by atoms with Gasteiger partial charge in [-0.15, -0.1) is 0 Å². The van der Waals surface area contributed by atoms with Crippen molar-refractivity contribution in [1.82, 2.24) is 20.3 Å². The lowest BCUT2D eigenvalue weighted by Gasteiger charge is -2.08. The van der Waals surface area contributed by atoms with Gasteiger partial charge in [0.05, 0.1) is 11.4 Å². The molecule has 0 spiro atoms. The second-order valence-electron chi connectivity index (χ2n) is 6.56. The molecule has 0 unspecified atom stereocenters. The van der Waals surface area contributed by atoms with Gasteiger partial charge in [-0.05, 0) is 48.0 Å². The minimum Gasteiger partial charge on any atom is -0.484 e. The highest BCUT2D eigenvalue weighted by atomic mass is 16.5. The predicted molar refractivity (Wildman–Crippen MR) is 114 cm³/mol. The first-order valence-corrected chi connectivity index (χ1v) is 9.56. The van der Waals surface area contributed by atoms with E-state index in [1.165, 1.54) is 0 Å². The monoisotopic (exact) mass is 396 g/mol. The van der Waals surface area contributed by atoms with Crippen LogP contribution in [-0.2, 0) is 11.3 Å². The van der Waals surface area contributed by atoms with Crippen LogP contribution in [0.25, 0.3) is 22.8 Å². The Kier molecular flexibility index (Phi) is 6.05. The first kappa shape index (κ1) is 19.3. The molecule has 2 aromatic carbocycles. The molecular weight excluding hydrogens is 376 g/mol. The zero-order chi connectivity index (χ0) is 20.6. The molecule has 0 bridgehead atoms. The van der Waals surface area contributed by atoms with Crippen LogP contribution in [0, 0.1) is 0 Å². The summed E-state index contributed by atoms with van der Waals surface area (Å²) in [4.78, 5) is 25.3. The van der Waals surface area contributed by atoms with E-state index in [2.05, 4.69) is 20.3 Å². The highest BCUT2D eigenvalue weighted by Gasteiger charge is 2.07. The van der Waals surface area contributed by atoms with Crippen molar-refractivity contribution in [1.29, 1.82) is 0 Å². The lowest BCUT2D eigenvalue weighted by molar-refractivity contribution is -0.123. The number of benzene rings is 2. The Hall–Kier alpha value is -4.06. The van der Waals surface area contributed by atoms with E-state index in [1.54, 1.807) is 24.5 Å². The molecule has 6 heteroatoms. The van der Waals surface area contributed by atoms with Crippen LogP contribution in [0.1, 0.15) is 5.56 Å². The number of rotatable bonds is 7. The van der Waals surface area contributed by atoms with E-state index >= 15 is 0 Å². The quantitative estimate of drug-likeness (QED) is 0.513. The van der Waals surface area contributed by atoms with E-state index in [0.717, 1.165) is 22.5 Å². The number of nitrogens with zero attached hydrogens (tertiary/aromatic N) is 3. The Morgan fingerprint density at radius 1 is 0.800 bits per heavy atom. The van der Waals surface area contributed by atoms with Gasteiger partial charge in [0.25, 0.3) is 5.91 Å². The Morgan fingerprint density at radius 2 is 1.60 bits per heavy atom. The van der Waals surface area contributed by atoms with Crippen LogP contribution in [0.4, 0.5) is 0 Å². The molecule has 1 N–H and O–H groups in total. The first-order chi connectivity index (χ1) is 14.8. The molecule has 0 aliphatic heterocycles.